The van der Waals surface area contributed by atoms with Gasteiger partial charge in [-0.15, -0.1) is 0 Å². The summed E-state index contributed by atoms with van der Waals surface area (Å²) in [5.74, 6) is -0.237. The second kappa shape index (κ2) is 3.55. The van der Waals surface area contributed by atoms with Gasteiger partial charge in [-0.2, -0.15) is 0 Å². The van der Waals surface area contributed by atoms with Crippen LogP contribution in [0.3, 0.4) is 0 Å². The molecule has 1 aliphatic rings. The van der Waals surface area contributed by atoms with E-state index in [2.05, 4.69) is 0 Å². The fourth-order valence-electron chi connectivity index (χ4n) is 2.04. The first-order valence-corrected chi connectivity index (χ1v) is 4.81. The topological polar surface area (TPSA) is 17.1 Å². The van der Waals surface area contributed by atoms with Crippen LogP contribution in [-0.4, -0.2) is 11.5 Å². The zero-order valence-corrected chi connectivity index (χ0v) is 7.90. The van der Waals surface area contributed by atoms with E-state index in [1.54, 1.807) is 6.92 Å². The Morgan fingerprint density at radius 1 is 1.50 bits per heavy atom. The molecule has 0 spiro atoms. The van der Waals surface area contributed by atoms with E-state index in [0.29, 0.717) is 6.42 Å². The smallest absolute Gasteiger partial charge is 0.169 e. The zero-order valence-electron chi connectivity index (χ0n) is 7.90. The minimum absolute atomic E-state index is 0.00931. The average molecular weight is 172 g/mol. The summed E-state index contributed by atoms with van der Waals surface area (Å²) in [4.78, 5) is 11.2. The van der Waals surface area contributed by atoms with E-state index in [4.69, 9.17) is 0 Å². The number of Topliss-reactive ketones (excluding diaryl/α,β-unsaturated/α-hetero) is 1. The quantitative estimate of drug-likeness (QED) is 0.639. The van der Waals surface area contributed by atoms with E-state index < -0.39 is 5.67 Å². The third kappa shape index (κ3) is 1.67. The fourth-order valence-corrected chi connectivity index (χ4v) is 2.04. The lowest BCUT2D eigenvalue weighted by atomic mass is 9.85. The van der Waals surface area contributed by atoms with Crippen molar-refractivity contribution < 1.29 is 9.18 Å². The van der Waals surface area contributed by atoms with Crippen molar-refractivity contribution in [2.45, 2.75) is 51.6 Å². The van der Waals surface area contributed by atoms with Gasteiger partial charge in [0, 0.05) is 6.42 Å². The largest absolute Gasteiger partial charge is 0.296 e. The number of hydrogen-bond acceptors (Lipinski definition) is 1. The molecule has 0 bridgehead atoms. The Morgan fingerprint density at radius 2 is 2.00 bits per heavy atom. The van der Waals surface area contributed by atoms with Crippen LogP contribution in [0.15, 0.2) is 0 Å². The summed E-state index contributed by atoms with van der Waals surface area (Å²) in [5.41, 5.74) is -1.55. The van der Waals surface area contributed by atoms with E-state index in [1.807, 2.05) is 0 Å². The average Bonchev–Trinajstić information content (AvgIpc) is 2.55. The number of carbonyl (C=O) groups is 1. The monoisotopic (exact) mass is 172 g/mol. The fraction of sp³-hybridized carbons (Fsp3) is 0.900. The highest BCUT2D eigenvalue weighted by molar-refractivity contribution is 5.86. The van der Waals surface area contributed by atoms with Gasteiger partial charge in [-0.1, -0.05) is 19.8 Å². The maximum atomic E-state index is 13.8. The van der Waals surface area contributed by atoms with E-state index in [1.165, 1.54) is 6.92 Å². The van der Waals surface area contributed by atoms with Gasteiger partial charge in [-0.25, -0.2) is 4.39 Å². The first-order chi connectivity index (χ1) is 5.59. The van der Waals surface area contributed by atoms with Crippen LogP contribution in [0.5, 0.6) is 0 Å². The van der Waals surface area contributed by atoms with Crippen molar-refractivity contribution in [2.24, 2.45) is 5.92 Å². The molecule has 0 heterocycles. The molecule has 70 valence electrons. The van der Waals surface area contributed by atoms with Gasteiger partial charge in [0.05, 0.1) is 0 Å². The molecule has 1 rings (SSSR count). The molecule has 1 fully saturated rings. The molecule has 2 heteroatoms. The summed E-state index contributed by atoms with van der Waals surface area (Å²) in [5, 5.41) is 0. The highest BCUT2D eigenvalue weighted by atomic mass is 19.1. The predicted molar refractivity (Wildman–Crippen MR) is 46.8 cm³/mol. The lowest BCUT2D eigenvalue weighted by molar-refractivity contribution is -0.132. The van der Waals surface area contributed by atoms with Crippen LogP contribution in [0.25, 0.3) is 0 Å². The standard InChI is InChI=1S/C10H17FO/c1-3-9(12)10(2,11)8-6-4-5-7-8/h8H,3-7H2,1-2H3. The van der Waals surface area contributed by atoms with Crippen LogP contribution in [-0.2, 0) is 4.79 Å². The van der Waals surface area contributed by atoms with E-state index in [-0.39, 0.29) is 11.7 Å². The molecule has 0 N–H and O–H groups in total. The molecule has 1 atom stereocenters. The predicted octanol–water partition coefficient (Wildman–Crippen LogP) is 2.88. The van der Waals surface area contributed by atoms with Gasteiger partial charge < -0.3 is 0 Å². The lowest BCUT2D eigenvalue weighted by Gasteiger charge is -2.24. The molecule has 0 amide bonds. The molecule has 12 heavy (non-hydrogen) atoms. The second-order valence-electron chi connectivity index (χ2n) is 3.83. The van der Waals surface area contributed by atoms with Gasteiger partial charge in [0.2, 0.25) is 0 Å². The van der Waals surface area contributed by atoms with Crippen molar-refractivity contribution in [3.8, 4) is 0 Å². The summed E-state index contributed by atoms with van der Waals surface area (Å²) in [7, 11) is 0. The zero-order chi connectivity index (χ0) is 9.19. The Morgan fingerprint density at radius 3 is 2.42 bits per heavy atom. The molecule has 1 unspecified atom stereocenters. The van der Waals surface area contributed by atoms with E-state index in [9.17, 15) is 9.18 Å². The molecule has 1 saturated carbocycles. The number of halogens is 1. The summed E-state index contributed by atoms with van der Waals surface area (Å²) in [6, 6.07) is 0. The molecule has 0 aromatic heterocycles. The van der Waals surface area contributed by atoms with Crippen molar-refractivity contribution in [3.05, 3.63) is 0 Å². The van der Waals surface area contributed by atoms with Crippen molar-refractivity contribution in [2.75, 3.05) is 0 Å². The Labute approximate surface area is 73.3 Å². The highest BCUT2D eigenvalue weighted by Gasteiger charge is 2.41. The Bertz CT molecular complexity index is 169. The summed E-state index contributed by atoms with van der Waals surface area (Å²) in [6.07, 6.45) is 4.27. The molecule has 0 aliphatic heterocycles. The maximum Gasteiger partial charge on any atom is 0.169 e. The summed E-state index contributed by atoms with van der Waals surface area (Å²) in [6.45, 7) is 3.18. The normalized spacial score (nSPS) is 23.9. The Kier molecular flexibility index (Phi) is 2.86. The minimum Gasteiger partial charge on any atom is -0.296 e. The van der Waals surface area contributed by atoms with Crippen molar-refractivity contribution >= 4 is 5.78 Å². The van der Waals surface area contributed by atoms with Crippen LogP contribution in [0.1, 0.15) is 46.0 Å². The number of alkyl halides is 1. The third-order valence-corrected chi connectivity index (χ3v) is 2.99. The molecule has 0 saturated heterocycles. The number of ketones is 1. The van der Waals surface area contributed by atoms with Gasteiger partial charge in [0.15, 0.2) is 11.5 Å². The summed E-state index contributed by atoms with van der Waals surface area (Å²) >= 11 is 0. The van der Waals surface area contributed by atoms with Crippen LogP contribution in [0, 0.1) is 5.92 Å². The minimum atomic E-state index is -1.55. The second-order valence-corrected chi connectivity index (χ2v) is 3.83. The first-order valence-electron chi connectivity index (χ1n) is 4.81. The van der Waals surface area contributed by atoms with Gasteiger partial charge in [-0.3, -0.25) is 4.79 Å². The Hall–Kier alpha value is -0.400. The van der Waals surface area contributed by atoms with Gasteiger partial charge >= 0.3 is 0 Å². The highest BCUT2D eigenvalue weighted by Crippen LogP contribution is 2.37. The van der Waals surface area contributed by atoms with Crippen molar-refractivity contribution in [1.29, 1.82) is 0 Å². The van der Waals surface area contributed by atoms with E-state index in [0.717, 1.165) is 25.7 Å². The van der Waals surface area contributed by atoms with Gasteiger partial charge in [-0.05, 0) is 25.7 Å². The lowest BCUT2D eigenvalue weighted by Crippen LogP contribution is -2.36. The molecule has 0 aromatic carbocycles. The van der Waals surface area contributed by atoms with Crippen LogP contribution < -0.4 is 0 Å². The van der Waals surface area contributed by atoms with Gasteiger partial charge in [0.1, 0.15) is 0 Å². The molecule has 0 aromatic rings. The van der Waals surface area contributed by atoms with Crippen molar-refractivity contribution in [3.63, 3.8) is 0 Å². The van der Waals surface area contributed by atoms with Gasteiger partial charge in [0.25, 0.3) is 0 Å². The first kappa shape index (κ1) is 9.69. The molecular formula is C10H17FO. The SMILES string of the molecule is CCC(=O)C(C)(F)C1CCCC1. The number of hydrogen-bond donors (Lipinski definition) is 0. The Balaban J connectivity index is 2.62. The van der Waals surface area contributed by atoms with Crippen LogP contribution in [0.2, 0.25) is 0 Å². The molecule has 1 nitrogen and oxygen atoms in total. The maximum absolute atomic E-state index is 13.8. The number of carbonyl (C=O) groups excluding carboxylic acids is 1. The third-order valence-electron chi connectivity index (χ3n) is 2.99. The van der Waals surface area contributed by atoms with Crippen molar-refractivity contribution in [1.82, 2.24) is 0 Å². The molecule has 0 radical (unpaired) electrons. The van der Waals surface area contributed by atoms with E-state index >= 15 is 0 Å². The molecular weight excluding hydrogens is 155 g/mol. The van der Waals surface area contributed by atoms with Crippen LogP contribution in [0.4, 0.5) is 4.39 Å². The number of rotatable bonds is 3. The molecule has 1 aliphatic carbocycles. The van der Waals surface area contributed by atoms with Crippen LogP contribution >= 0.6 is 0 Å². The summed E-state index contributed by atoms with van der Waals surface area (Å²) < 4.78 is 13.8.